The second-order valence-corrected chi connectivity index (χ2v) is 8.99. The number of carboxylic acid groups (broad SMARTS) is 1. The van der Waals surface area contributed by atoms with Crippen molar-refractivity contribution in [3.05, 3.63) is 27.5 Å². The minimum absolute atomic E-state index is 0.0362. The monoisotopic (exact) mass is 461 g/mol. The summed E-state index contributed by atoms with van der Waals surface area (Å²) in [7, 11) is 0. The number of fused-ring (bicyclic) bond motifs is 1. The molecule has 2 aromatic heterocycles. The molecule has 1 atom stereocenters. The molecule has 8 nitrogen and oxygen atoms in total. The molecule has 1 fully saturated rings. The van der Waals surface area contributed by atoms with Crippen molar-refractivity contribution in [2.24, 2.45) is 5.92 Å². The third kappa shape index (κ3) is 6.97. The minimum atomic E-state index is -5.08. The number of carboxylic acids is 1. The van der Waals surface area contributed by atoms with Crippen molar-refractivity contribution in [2.45, 2.75) is 64.4 Å². The van der Waals surface area contributed by atoms with Crippen LogP contribution in [0.2, 0.25) is 0 Å². The van der Waals surface area contributed by atoms with E-state index in [4.69, 9.17) is 20.0 Å². The summed E-state index contributed by atoms with van der Waals surface area (Å²) in [6, 6.07) is 0. The van der Waals surface area contributed by atoms with E-state index in [-0.39, 0.29) is 6.61 Å². The Hall–Kier alpha value is -2.05. The molecule has 1 aliphatic carbocycles. The van der Waals surface area contributed by atoms with Gasteiger partial charge in [0.2, 0.25) is 0 Å². The standard InChI is InChI=1S/C17H25N5OS.C2HF3O2/c23-12-14-10-22(20-19-14)9-13-4-3-7-21(8-13)11-17-18-15-5-1-2-6-16(15)24-17;3-2(4,5)1(6)7/h10,13,23H,1-9,11-12H2;(H,6,7). The molecule has 0 aromatic carbocycles. The zero-order valence-corrected chi connectivity index (χ0v) is 17.8. The Morgan fingerprint density at radius 3 is 2.65 bits per heavy atom. The fraction of sp³-hybridized carbons (Fsp3) is 0.684. The van der Waals surface area contributed by atoms with Crippen molar-refractivity contribution in [3.63, 3.8) is 0 Å². The van der Waals surface area contributed by atoms with E-state index in [1.807, 2.05) is 22.2 Å². The van der Waals surface area contributed by atoms with Crippen molar-refractivity contribution in [2.75, 3.05) is 13.1 Å². The van der Waals surface area contributed by atoms with E-state index in [0.717, 1.165) is 19.6 Å². The molecule has 172 valence electrons. The number of aromatic nitrogens is 4. The fourth-order valence-corrected chi connectivity index (χ4v) is 5.07. The zero-order valence-electron chi connectivity index (χ0n) is 17.0. The molecule has 1 aliphatic heterocycles. The molecule has 0 amide bonds. The average Bonchev–Trinajstić information content (AvgIpc) is 3.34. The number of aliphatic hydroxyl groups is 1. The lowest BCUT2D eigenvalue weighted by atomic mass is 9.98. The molecular weight excluding hydrogens is 435 g/mol. The second kappa shape index (κ2) is 10.5. The van der Waals surface area contributed by atoms with Gasteiger partial charge in [0.15, 0.2) is 0 Å². The molecule has 0 bridgehead atoms. The highest BCUT2D eigenvalue weighted by Gasteiger charge is 2.38. The highest BCUT2D eigenvalue weighted by molar-refractivity contribution is 7.11. The van der Waals surface area contributed by atoms with Crippen molar-refractivity contribution < 1.29 is 28.2 Å². The molecule has 2 aliphatic rings. The second-order valence-electron chi connectivity index (χ2n) is 7.82. The molecule has 0 radical (unpaired) electrons. The molecule has 0 saturated carbocycles. The van der Waals surface area contributed by atoms with E-state index < -0.39 is 12.1 Å². The molecule has 4 rings (SSSR count). The number of hydrogen-bond acceptors (Lipinski definition) is 7. The van der Waals surface area contributed by atoms with Gasteiger partial charge in [-0.25, -0.2) is 9.78 Å². The smallest absolute Gasteiger partial charge is 0.475 e. The van der Waals surface area contributed by atoms with Crippen LogP contribution in [0.4, 0.5) is 13.2 Å². The number of likely N-dealkylation sites (tertiary alicyclic amines) is 1. The normalized spacial score (nSPS) is 19.4. The lowest BCUT2D eigenvalue weighted by Crippen LogP contribution is -2.36. The molecule has 12 heteroatoms. The number of nitrogens with zero attached hydrogens (tertiary/aromatic N) is 5. The van der Waals surface area contributed by atoms with Gasteiger partial charge in [-0.2, -0.15) is 13.2 Å². The van der Waals surface area contributed by atoms with Crippen LogP contribution in [0.25, 0.3) is 0 Å². The van der Waals surface area contributed by atoms with Gasteiger partial charge in [0.1, 0.15) is 10.7 Å². The summed E-state index contributed by atoms with van der Waals surface area (Å²) < 4.78 is 33.6. The van der Waals surface area contributed by atoms with E-state index in [0.29, 0.717) is 11.6 Å². The van der Waals surface area contributed by atoms with Gasteiger partial charge in [0, 0.05) is 18.0 Å². The fourth-order valence-electron chi connectivity index (χ4n) is 3.87. The van der Waals surface area contributed by atoms with Gasteiger partial charge in [-0.1, -0.05) is 5.21 Å². The number of aryl methyl sites for hydroxylation is 2. The molecule has 31 heavy (non-hydrogen) atoms. The summed E-state index contributed by atoms with van der Waals surface area (Å²) >= 11 is 1.93. The third-order valence-corrected chi connectivity index (χ3v) is 6.43. The predicted octanol–water partition coefficient (Wildman–Crippen LogP) is 2.65. The maximum absolute atomic E-state index is 10.6. The highest BCUT2D eigenvalue weighted by atomic mass is 32.1. The van der Waals surface area contributed by atoms with Crippen LogP contribution >= 0.6 is 11.3 Å². The highest BCUT2D eigenvalue weighted by Crippen LogP contribution is 2.28. The Labute approximate surface area is 181 Å². The van der Waals surface area contributed by atoms with Crippen molar-refractivity contribution >= 4 is 17.3 Å². The number of hydrogen-bond donors (Lipinski definition) is 2. The van der Waals surface area contributed by atoms with Crippen LogP contribution < -0.4 is 0 Å². The molecule has 3 heterocycles. The van der Waals surface area contributed by atoms with E-state index in [1.165, 1.54) is 60.6 Å². The first kappa shape index (κ1) is 23.6. The maximum Gasteiger partial charge on any atom is 0.490 e. The van der Waals surface area contributed by atoms with E-state index in [2.05, 4.69) is 15.2 Å². The number of piperidine rings is 1. The van der Waals surface area contributed by atoms with Gasteiger partial charge in [-0.3, -0.25) is 9.58 Å². The van der Waals surface area contributed by atoms with Gasteiger partial charge in [0.25, 0.3) is 0 Å². The largest absolute Gasteiger partial charge is 0.490 e. The third-order valence-electron chi connectivity index (χ3n) is 5.29. The number of aliphatic hydroxyl groups excluding tert-OH is 1. The van der Waals surface area contributed by atoms with E-state index >= 15 is 0 Å². The van der Waals surface area contributed by atoms with Crippen LogP contribution in [0.3, 0.4) is 0 Å². The Kier molecular flexibility index (Phi) is 8.00. The number of aliphatic carboxylic acids is 1. The van der Waals surface area contributed by atoms with Gasteiger partial charge in [-0.15, -0.1) is 16.4 Å². The predicted molar refractivity (Wildman–Crippen MR) is 106 cm³/mol. The SMILES string of the molecule is O=C(O)C(F)(F)F.OCc1cn(CC2CCCN(Cc3nc4c(s3)CCCC4)C2)nn1. The Bertz CT molecular complexity index is 847. The van der Waals surface area contributed by atoms with Crippen molar-refractivity contribution in [1.82, 2.24) is 24.9 Å². The van der Waals surface area contributed by atoms with Gasteiger partial charge in [0.05, 0.1) is 25.0 Å². The lowest BCUT2D eigenvalue weighted by Gasteiger charge is -2.31. The Balaban J connectivity index is 0.000000339. The van der Waals surface area contributed by atoms with Crippen LogP contribution in [0.15, 0.2) is 6.20 Å². The Morgan fingerprint density at radius 2 is 2.00 bits per heavy atom. The molecule has 0 spiro atoms. The Morgan fingerprint density at radius 1 is 1.26 bits per heavy atom. The van der Waals surface area contributed by atoms with Crippen LogP contribution in [0.1, 0.15) is 47.0 Å². The molecule has 1 saturated heterocycles. The first-order valence-electron chi connectivity index (χ1n) is 10.2. The van der Waals surface area contributed by atoms with E-state index in [1.54, 1.807) is 0 Å². The first-order chi connectivity index (χ1) is 14.7. The van der Waals surface area contributed by atoms with Crippen LogP contribution in [-0.4, -0.2) is 60.3 Å². The summed E-state index contributed by atoms with van der Waals surface area (Å²) in [6.45, 7) is 4.11. The summed E-state index contributed by atoms with van der Waals surface area (Å²) in [4.78, 5) is 17.9. The van der Waals surface area contributed by atoms with Gasteiger partial charge in [-0.05, 0) is 51.0 Å². The summed E-state index contributed by atoms with van der Waals surface area (Å²) in [6.07, 6.45) is 4.28. The van der Waals surface area contributed by atoms with Crippen LogP contribution in [0, 0.1) is 5.92 Å². The number of halogens is 3. The van der Waals surface area contributed by atoms with Crippen LogP contribution in [-0.2, 0) is 37.3 Å². The summed E-state index contributed by atoms with van der Waals surface area (Å²) in [5, 5.41) is 25.6. The van der Waals surface area contributed by atoms with Crippen molar-refractivity contribution in [1.29, 1.82) is 0 Å². The van der Waals surface area contributed by atoms with Gasteiger partial charge < -0.3 is 10.2 Å². The average molecular weight is 462 g/mol. The number of rotatable bonds is 5. The first-order valence-corrected chi connectivity index (χ1v) is 11.1. The lowest BCUT2D eigenvalue weighted by molar-refractivity contribution is -0.192. The molecule has 2 N–H and O–H groups in total. The van der Waals surface area contributed by atoms with Gasteiger partial charge >= 0.3 is 12.1 Å². The molecular formula is C19H26F3N5O3S. The minimum Gasteiger partial charge on any atom is -0.475 e. The summed E-state index contributed by atoms with van der Waals surface area (Å²) in [5.41, 5.74) is 2.02. The maximum atomic E-state index is 10.6. The number of thiazole rings is 1. The van der Waals surface area contributed by atoms with E-state index in [9.17, 15) is 13.2 Å². The zero-order chi connectivity index (χ0) is 22.4. The molecule has 2 aromatic rings. The van der Waals surface area contributed by atoms with Crippen LogP contribution in [0.5, 0.6) is 0 Å². The molecule has 1 unspecified atom stereocenters. The summed E-state index contributed by atoms with van der Waals surface area (Å²) in [5.74, 6) is -2.16. The topological polar surface area (TPSA) is 104 Å². The number of carbonyl (C=O) groups is 1. The van der Waals surface area contributed by atoms with Crippen molar-refractivity contribution in [3.8, 4) is 0 Å². The number of alkyl halides is 3. The quantitative estimate of drug-likeness (QED) is 0.705.